The first-order valence-electron chi connectivity index (χ1n) is 11.6. The van der Waals surface area contributed by atoms with Crippen LogP contribution in [-0.4, -0.2) is 41.8 Å². The minimum Gasteiger partial charge on any atom is -0.461 e. The molecule has 1 amide bonds. The van der Waals surface area contributed by atoms with Gasteiger partial charge in [0, 0.05) is 31.6 Å². The fourth-order valence-corrected chi connectivity index (χ4v) is 3.25. The second kappa shape index (κ2) is 12.9. The molecule has 0 aliphatic carbocycles. The van der Waals surface area contributed by atoms with Gasteiger partial charge in [0.05, 0.1) is 11.2 Å². The number of hydrogen-bond acceptors (Lipinski definition) is 5. The van der Waals surface area contributed by atoms with Crippen LogP contribution in [0.25, 0.3) is 0 Å². The second-order valence-electron chi connectivity index (χ2n) is 10.1. The van der Waals surface area contributed by atoms with Crippen molar-refractivity contribution in [3.8, 4) is 0 Å². The molecule has 1 aromatic rings. The summed E-state index contributed by atoms with van der Waals surface area (Å²) in [5.74, 6) is -0.212. The Morgan fingerprint density at radius 3 is 2.06 bits per heavy atom. The largest absolute Gasteiger partial charge is 0.461 e. The van der Waals surface area contributed by atoms with E-state index in [4.69, 9.17) is 14.2 Å². The summed E-state index contributed by atoms with van der Waals surface area (Å²) in [6.45, 7) is 15.3. The zero-order valence-corrected chi connectivity index (χ0v) is 21.1. The van der Waals surface area contributed by atoms with Crippen LogP contribution in [0.4, 0.5) is 0 Å². The Bertz CT molecular complexity index is 697. The Hall–Kier alpha value is -1.92. The maximum Gasteiger partial charge on any atom is 0.306 e. The molecule has 0 radical (unpaired) electrons. The van der Waals surface area contributed by atoms with Gasteiger partial charge in [0.25, 0.3) is 0 Å². The summed E-state index contributed by atoms with van der Waals surface area (Å²) in [5, 5.41) is 3.09. The van der Waals surface area contributed by atoms with Crippen molar-refractivity contribution in [1.29, 1.82) is 0 Å². The molecule has 0 atom stereocenters. The molecule has 0 fully saturated rings. The van der Waals surface area contributed by atoms with Crippen molar-refractivity contribution in [1.82, 2.24) is 5.32 Å². The van der Waals surface area contributed by atoms with Gasteiger partial charge >= 0.3 is 5.97 Å². The Morgan fingerprint density at radius 2 is 1.44 bits per heavy atom. The van der Waals surface area contributed by atoms with Gasteiger partial charge in [0.2, 0.25) is 5.91 Å². The Kier molecular flexibility index (Phi) is 11.4. The highest BCUT2D eigenvalue weighted by molar-refractivity contribution is 5.76. The highest BCUT2D eigenvalue weighted by Gasteiger charge is 2.26. The zero-order valence-electron chi connectivity index (χ0n) is 21.1. The third kappa shape index (κ3) is 12.8. The minimum atomic E-state index is -0.451. The number of carbonyl (C=O) groups is 2. The lowest BCUT2D eigenvalue weighted by molar-refractivity contribution is -0.147. The van der Waals surface area contributed by atoms with Gasteiger partial charge in [-0.15, -0.1) is 0 Å². The number of amides is 1. The van der Waals surface area contributed by atoms with Crippen molar-refractivity contribution in [3.63, 3.8) is 0 Å². The van der Waals surface area contributed by atoms with Gasteiger partial charge < -0.3 is 19.5 Å². The Balaban J connectivity index is 2.30. The molecule has 6 nitrogen and oxygen atoms in total. The molecule has 6 heteroatoms. The molecule has 32 heavy (non-hydrogen) atoms. The number of carbonyl (C=O) groups excluding carboxylic acids is 2. The van der Waals surface area contributed by atoms with E-state index >= 15 is 0 Å². The normalized spacial score (nSPS) is 12.5. The van der Waals surface area contributed by atoms with Crippen LogP contribution in [0.5, 0.6) is 0 Å². The van der Waals surface area contributed by atoms with Crippen LogP contribution < -0.4 is 5.32 Å². The summed E-state index contributed by atoms with van der Waals surface area (Å²) in [6.07, 6.45) is 2.64. The average Bonchev–Trinajstić information content (AvgIpc) is 2.69. The molecule has 0 aliphatic heterocycles. The molecule has 0 saturated carbocycles. The number of hydrogen-bond donors (Lipinski definition) is 1. The molecule has 1 N–H and O–H groups in total. The monoisotopic (exact) mass is 449 g/mol. The van der Waals surface area contributed by atoms with Gasteiger partial charge in [-0.25, -0.2) is 0 Å². The minimum absolute atomic E-state index is 0.0169. The van der Waals surface area contributed by atoms with E-state index in [2.05, 4.69) is 5.32 Å². The van der Waals surface area contributed by atoms with Crippen LogP contribution in [-0.2, 0) is 30.4 Å². The quantitative estimate of drug-likeness (QED) is 0.373. The Morgan fingerprint density at radius 1 is 0.844 bits per heavy atom. The second-order valence-corrected chi connectivity index (χ2v) is 10.1. The fourth-order valence-electron chi connectivity index (χ4n) is 3.25. The molecule has 182 valence electrons. The lowest BCUT2D eigenvalue weighted by Gasteiger charge is -2.31. The van der Waals surface area contributed by atoms with E-state index in [1.54, 1.807) is 0 Å². The van der Waals surface area contributed by atoms with E-state index in [0.29, 0.717) is 45.3 Å². The lowest BCUT2D eigenvalue weighted by atomic mass is 9.98. The highest BCUT2D eigenvalue weighted by atomic mass is 16.5. The number of ether oxygens (including phenoxy) is 3. The first-order chi connectivity index (χ1) is 14.8. The van der Waals surface area contributed by atoms with Crippen molar-refractivity contribution in [2.45, 2.75) is 104 Å². The summed E-state index contributed by atoms with van der Waals surface area (Å²) in [4.78, 5) is 24.4. The van der Waals surface area contributed by atoms with Gasteiger partial charge in [-0.2, -0.15) is 0 Å². The predicted octanol–water partition coefficient (Wildman–Crippen LogP) is 5.19. The zero-order chi connectivity index (χ0) is 24.3. The molecule has 1 rings (SSSR count). The first kappa shape index (κ1) is 28.1. The van der Waals surface area contributed by atoms with Crippen LogP contribution in [0.15, 0.2) is 30.3 Å². The summed E-state index contributed by atoms with van der Waals surface area (Å²) in [7, 11) is 0. The molecule has 0 spiro atoms. The van der Waals surface area contributed by atoms with Gasteiger partial charge in [-0.3, -0.25) is 9.59 Å². The number of rotatable bonds is 15. The van der Waals surface area contributed by atoms with E-state index in [9.17, 15) is 9.59 Å². The summed E-state index contributed by atoms with van der Waals surface area (Å²) < 4.78 is 17.0. The van der Waals surface area contributed by atoms with Gasteiger partial charge in [0.15, 0.2) is 0 Å². The predicted molar refractivity (Wildman–Crippen MR) is 127 cm³/mol. The van der Waals surface area contributed by atoms with E-state index in [-0.39, 0.29) is 29.6 Å². The van der Waals surface area contributed by atoms with Gasteiger partial charge in [-0.1, -0.05) is 30.3 Å². The van der Waals surface area contributed by atoms with Crippen LogP contribution in [0.3, 0.4) is 0 Å². The molecule has 0 heterocycles. The first-order valence-corrected chi connectivity index (χ1v) is 11.6. The number of esters is 1. The van der Waals surface area contributed by atoms with Crippen LogP contribution in [0, 0.1) is 0 Å². The van der Waals surface area contributed by atoms with E-state index in [0.717, 1.165) is 5.56 Å². The summed E-state index contributed by atoms with van der Waals surface area (Å²) in [5.41, 5.74) is -0.154. The van der Waals surface area contributed by atoms with Crippen molar-refractivity contribution < 1.29 is 23.8 Å². The smallest absolute Gasteiger partial charge is 0.306 e. The number of nitrogens with one attached hydrogen (secondary N) is 1. The van der Waals surface area contributed by atoms with E-state index in [1.807, 2.05) is 78.8 Å². The third-order valence-corrected chi connectivity index (χ3v) is 5.36. The maximum atomic E-state index is 12.4. The van der Waals surface area contributed by atoms with Crippen LogP contribution >= 0.6 is 0 Å². The Labute approximate surface area is 194 Å². The SMILES string of the molecule is CCOC(C)(C)CCC(=O)NC(C)(C)CCOC(C)(C)CCC(=O)OCc1ccccc1. The van der Waals surface area contributed by atoms with Crippen molar-refractivity contribution >= 4 is 11.9 Å². The van der Waals surface area contributed by atoms with Crippen molar-refractivity contribution in [2.75, 3.05) is 13.2 Å². The third-order valence-electron chi connectivity index (χ3n) is 5.36. The van der Waals surface area contributed by atoms with Crippen LogP contribution in [0.2, 0.25) is 0 Å². The topological polar surface area (TPSA) is 73.9 Å². The summed E-state index contributed by atoms with van der Waals surface area (Å²) in [6, 6.07) is 9.64. The van der Waals surface area contributed by atoms with Crippen molar-refractivity contribution in [3.05, 3.63) is 35.9 Å². The fraction of sp³-hybridized carbons (Fsp3) is 0.692. The van der Waals surface area contributed by atoms with Gasteiger partial charge in [0.1, 0.15) is 6.61 Å². The molecule has 0 saturated heterocycles. The molecule has 1 aromatic carbocycles. The van der Waals surface area contributed by atoms with Crippen molar-refractivity contribution in [2.24, 2.45) is 0 Å². The van der Waals surface area contributed by atoms with Gasteiger partial charge in [-0.05, 0) is 73.3 Å². The molecule has 0 aliphatic rings. The molecule has 0 unspecified atom stereocenters. The standard InChI is InChI=1S/C26H43NO5/c1-8-31-25(4,5)16-14-22(28)27-24(2,3)18-19-32-26(6,7)17-15-23(29)30-20-21-12-10-9-11-13-21/h9-13H,8,14-20H2,1-7H3,(H,27,28). The van der Waals surface area contributed by atoms with Crippen LogP contribution in [0.1, 0.15) is 86.1 Å². The maximum absolute atomic E-state index is 12.4. The lowest BCUT2D eigenvalue weighted by Crippen LogP contribution is -2.45. The molecular weight excluding hydrogens is 406 g/mol. The molecule has 0 aromatic heterocycles. The number of benzene rings is 1. The highest BCUT2D eigenvalue weighted by Crippen LogP contribution is 2.21. The molecular formula is C26H43NO5. The summed E-state index contributed by atoms with van der Waals surface area (Å²) >= 11 is 0. The van der Waals surface area contributed by atoms with E-state index < -0.39 is 5.60 Å². The average molecular weight is 450 g/mol. The van der Waals surface area contributed by atoms with E-state index in [1.165, 1.54) is 0 Å². The molecule has 0 bridgehead atoms.